The molecule has 132 valence electrons. The van der Waals surface area contributed by atoms with E-state index in [1.807, 2.05) is 29.2 Å². The first-order chi connectivity index (χ1) is 12.1. The highest BCUT2D eigenvalue weighted by molar-refractivity contribution is 5.86. The summed E-state index contributed by atoms with van der Waals surface area (Å²) in [6.45, 7) is 4.51. The maximum absolute atomic E-state index is 13.1. The van der Waals surface area contributed by atoms with Crippen molar-refractivity contribution < 1.29 is 9.53 Å². The molecule has 0 radical (unpaired) electrons. The summed E-state index contributed by atoms with van der Waals surface area (Å²) in [5.74, 6) is 0.0899. The van der Waals surface area contributed by atoms with Gasteiger partial charge in [-0.05, 0) is 24.6 Å². The molecule has 1 heterocycles. The molecule has 0 unspecified atom stereocenters. The predicted molar refractivity (Wildman–Crippen MR) is 101 cm³/mol. The van der Waals surface area contributed by atoms with E-state index in [-0.39, 0.29) is 11.9 Å². The fourth-order valence-corrected chi connectivity index (χ4v) is 2.98. The van der Waals surface area contributed by atoms with Gasteiger partial charge in [-0.3, -0.25) is 4.79 Å². The van der Waals surface area contributed by atoms with E-state index < -0.39 is 0 Å². The lowest BCUT2D eigenvalue weighted by molar-refractivity contribution is -0.136. The second kappa shape index (κ2) is 8.03. The van der Waals surface area contributed by atoms with Gasteiger partial charge in [0.05, 0.1) is 24.6 Å². The van der Waals surface area contributed by atoms with Crippen LogP contribution in [0.2, 0.25) is 0 Å². The van der Waals surface area contributed by atoms with Gasteiger partial charge in [-0.1, -0.05) is 42.0 Å². The van der Waals surface area contributed by atoms with Gasteiger partial charge in [0.2, 0.25) is 5.91 Å². The van der Waals surface area contributed by atoms with Gasteiger partial charge < -0.3 is 20.7 Å². The van der Waals surface area contributed by atoms with E-state index in [4.69, 9.17) is 10.5 Å². The Morgan fingerprint density at radius 1 is 1.16 bits per heavy atom. The topological polar surface area (TPSA) is 67.6 Å². The van der Waals surface area contributed by atoms with Crippen molar-refractivity contribution in [3.05, 3.63) is 59.7 Å². The van der Waals surface area contributed by atoms with E-state index in [9.17, 15) is 4.79 Å². The molecule has 5 heteroatoms. The Hall–Kier alpha value is -2.53. The molecule has 0 aromatic heterocycles. The van der Waals surface area contributed by atoms with Crippen molar-refractivity contribution >= 4 is 17.3 Å². The van der Waals surface area contributed by atoms with E-state index in [2.05, 4.69) is 36.5 Å². The van der Waals surface area contributed by atoms with Crippen LogP contribution in [0.1, 0.15) is 11.1 Å². The van der Waals surface area contributed by atoms with E-state index in [1.54, 1.807) is 0 Å². The number of carbonyl (C=O) groups excluding carboxylic acids is 1. The third-order valence-corrected chi connectivity index (χ3v) is 4.47. The molecule has 3 rings (SSSR count). The van der Waals surface area contributed by atoms with Gasteiger partial charge in [-0.15, -0.1) is 0 Å². The van der Waals surface area contributed by atoms with Gasteiger partial charge in [0.15, 0.2) is 0 Å². The number of amides is 1. The first-order valence-electron chi connectivity index (χ1n) is 8.66. The average Bonchev–Trinajstić information content (AvgIpc) is 2.65. The molecule has 1 aliphatic rings. The second-order valence-corrected chi connectivity index (χ2v) is 6.41. The van der Waals surface area contributed by atoms with Gasteiger partial charge in [-0.2, -0.15) is 0 Å². The summed E-state index contributed by atoms with van der Waals surface area (Å²) in [7, 11) is 0. The number of nitrogen functional groups attached to an aromatic ring is 1. The Labute approximate surface area is 148 Å². The van der Waals surface area contributed by atoms with E-state index in [1.165, 1.54) is 5.56 Å². The summed E-state index contributed by atoms with van der Waals surface area (Å²) in [6, 6.07) is 15.5. The summed E-state index contributed by atoms with van der Waals surface area (Å²) in [5.41, 5.74) is 9.82. The van der Waals surface area contributed by atoms with Crippen LogP contribution in [0.4, 0.5) is 11.4 Å². The van der Waals surface area contributed by atoms with Gasteiger partial charge >= 0.3 is 0 Å². The van der Waals surface area contributed by atoms with E-state index in [0.717, 1.165) is 11.3 Å². The number of rotatable bonds is 5. The van der Waals surface area contributed by atoms with Crippen molar-refractivity contribution in [1.82, 2.24) is 4.90 Å². The lowest BCUT2D eigenvalue weighted by Crippen LogP contribution is -2.48. The van der Waals surface area contributed by atoms with Crippen molar-refractivity contribution in [3.8, 4) is 0 Å². The first kappa shape index (κ1) is 17.3. The number of hydrogen-bond donors (Lipinski definition) is 2. The predicted octanol–water partition coefficient (Wildman–Crippen LogP) is 2.46. The zero-order valence-corrected chi connectivity index (χ0v) is 14.6. The summed E-state index contributed by atoms with van der Waals surface area (Å²) in [5, 5.41) is 3.35. The molecular weight excluding hydrogens is 314 g/mol. The van der Waals surface area contributed by atoms with Crippen molar-refractivity contribution in [2.45, 2.75) is 19.4 Å². The van der Waals surface area contributed by atoms with Crippen LogP contribution in [0.3, 0.4) is 0 Å². The van der Waals surface area contributed by atoms with Gasteiger partial charge in [0.1, 0.15) is 6.04 Å². The SMILES string of the molecule is Cc1ccc(C[C@H](Nc2ccccc2N)C(=O)N2CCOCC2)cc1. The molecule has 1 amide bonds. The van der Waals surface area contributed by atoms with Crippen molar-refractivity contribution in [3.63, 3.8) is 0 Å². The molecule has 5 nitrogen and oxygen atoms in total. The molecule has 0 saturated carbocycles. The lowest BCUT2D eigenvalue weighted by atomic mass is 10.0. The number of nitrogens with one attached hydrogen (secondary N) is 1. The zero-order valence-electron chi connectivity index (χ0n) is 14.6. The number of aryl methyl sites for hydroxylation is 1. The summed E-state index contributed by atoms with van der Waals surface area (Å²) in [4.78, 5) is 14.9. The van der Waals surface area contributed by atoms with Crippen LogP contribution in [0.15, 0.2) is 48.5 Å². The molecule has 2 aromatic rings. The quantitative estimate of drug-likeness (QED) is 0.821. The number of nitrogens with two attached hydrogens (primary N) is 1. The molecule has 1 atom stereocenters. The van der Waals surface area contributed by atoms with Crippen LogP contribution in [0.5, 0.6) is 0 Å². The molecule has 0 bridgehead atoms. The fourth-order valence-electron chi connectivity index (χ4n) is 2.98. The Morgan fingerprint density at radius 3 is 2.52 bits per heavy atom. The van der Waals surface area contributed by atoms with Crippen LogP contribution >= 0.6 is 0 Å². The third-order valence-electron chi connectivity index (χ3n) is 4.47. The van der Waals surface area contributed by atoms with Crippen LogP contribution in [-0.4, -0.2) is 43.2 Å². The normalized spacial score (nSPS) is 15.6. The summed E-state index contributed by atoms with van der Waals surface area (Å²) >= 11 is 0. The van der Waals surface area contributed by atoms with Crippen molar-refractivity contribution in [1.29, 1.82) is 0 Å². The molecule has 1 saturated heterocycles. The Kier molecular flexibility index (Phi) is 5.56. The molecule has 1 fully saturated rings. The minimum Gasteiger partial charge on any atom is -0.397 e. The number of para-hydroxylation sites is 2. The molecule has 0 spiro atoms. The minimum atomic E-state index is -0.356. The number of ether oxygens (including phenoxy) is 1. The van der Waals surface area contributed by atoms with Crippen molar-refractivity contribution in [2.75, 3.05) is 37.4 Å². The molecule has 2 aromatic carbocycles. The molecule has 3 N–H and O–H groups in total. The highest BCUT2D eigenvalue weighted by Crippen LogP contribution is 2.20. The third kappa shape index (κ3) is 4.51. The standard InChI is InChI=1S/C20H25N3O2/c1-15-6-8-16(9-7-15)14-19(20(24)23-10-12-25-13-11-23)22-18-5-3-2-4-17(18)21/h2-9,19,22H,10-14,21H2,1H3/t19-/m0/s1. The minimum absolute atomic E-state index is 0.0899. The number of morpholine rings is 1. The molecule has 1 aliphatic heterocycles. The van der Waals surface area contributed by atoms with Crippen LogP contribution in [0, 0.1) is 6.92 Å². The highest BCUT2D eigenvalue weighted by Gasteiger charge is 2.26. The van der Waals surface area contributed by atoms with Crippen molar-refractivity contribution in [2.24, 2.45) is 0 Å². The monoisotopic (exact) mass is 339 g/mol. The van der Waals surface area contributed by atoms with Crippen LogP contribution < -0.4 is 11.1 Å². The Morgan fingerprint density at radius 2 is 1.84 bits per heavy atom. The molecular formula is C20H25N3O2. The largest absolute Gasteiger partial charge is 0.397 e. The number of nitrogens with zero attached hydrogens (tertiary/aromatic N) is 1. The van der Waals surface area contributed by atoms with Gasteiger partial charge in [0.25, 0.3) is 0 Å². The first-order valence-corrected chi connectivity index (χ1v) is 8.66. The molecule has 25 heavy (non-hydrogen) atoms. The lowest BCUT2D eigenvalue weighted by Gasteiger charge is -2.31. The molecule has 0 aliphatic carbocycles. The van der Waals surface area contributed by atoms with Gasteiger partial charge in [-0.25, -0.2) is 0 Å². The summed E-state index contributed by atoms with van der Waals surface area (Å²) < 4.78 is 5.36. The maximum atomic E-state index is 13.1. The smallest absolute Gasteiger partial charge is 0.245 e. The number of benzene rings is 2. The second-order valence-electron chi connectivity index (χ2n) is 6.41. The number of carbonyl (C=O) groups is 1. The van der Waals surface area contributed by atoms with Crippen LogP contribution in [0.25, 0.3) is 0 Å². The Bertz CT molecular complexity index is 709. The fraction of sp³-hybridized carbons (Fsp3) is 0.350. The Balaban J connectivity index is 1.80. The van der Waals surface area contributed by atoms with E-state index >= 15 is 0 Å². The van der Waals surface area contributed by atoms with Gasteiger partial charge in [0, 0.05) is 19.5 Å². The number of hydrogen-bond acceptors (Lipinski definition) is 4. The maximum Gasteiger partial charge on any atom is 0.245 e. The number of anilines is 2. The van der Waals surface area contributed by atoms with Crippen LogP contribution in [-0.2, 0) is 16.0 Å². The zero-order chi connectivity index (χ0) is 17.6. The average molecular weight is 339 g/mol. The van der Waals surface area contributed by atoms with E-state index in [0.29, 0.717) is 38.4 Å². The summed E-state index contributed by atoms with van der Waals surface area (Å²) in [6.07, 6.45) is 0.616. The highest BCUT2D eigenvalue weighted by atomic mass is 16.5.